The number of ether oxygens (including phenoxy) is 1. The molecule has 0 spiro atoms. The summed E-state index contributed by atoms with van der Waals surface area (Å²) >= 11 is 0. The van der Waals surface area contributed by atoms with Gasteiger partial charge in [-0.15, -0.1) is 0 Å². The fraction of sp³-hybridized carbons (Fsp3) is 0.438. The van der Waals surface area contributed by atoms with Gasteiger partial charge in [-0.3, -0.25) is 9.89 Å². The van der Waals surface area contributed by atoms with Crippen LogP contribution in [0.4, 0.5) is 4.39 Å². The lowest BCUT2D eigenvalue weighted by Crippen LogP contribution is -2.38. The smallest absolute Gasteiger partial charge is 0.224 e. The van der Waals surface area contributed by atoms with E-state index in [0.29, 0.717) is 30.2 Å². The number of benzene rings is 1. The van der Waals surface area contributed by atoms with Crippen LogP contribution in [0.25, 0.3) is 0 Å². The predicted molar refractivity (Wildman–Crippen MR) is 81.2 cm³/mol. The Bertz CT molecular complexity index is 716. The quantitative estimate of drug-likeness (QED) is 0.900. The Morgan fingerprint density at radius 1 is 1.48 bits per heavy atom. The summed E-state index contributed by atoms with van der Waals surface area (Å²) in [5.74, 6) is 0.631. The van der Waals surface area contributed by atoms with Gasteiger partial charge in [-0.2, -0.15) is 5.10 Å². The second-order valence-electron chi connectivity index (χ2n) is 5.80. The molecule has 7 heteroatoms. The topological polar surface area (TPSA) is 79.9 Å². The summed E-state index contributed by atoms with van der Waals surface area (Å²) in [6.45, 7) is 4.20. The molecule has 1 aromatic carbocycles. The van der Waals surface area contributed by atoms with Crippen LogP contribution in [0, 0.1) is 19.7 Å². The number of aromatic amines is 1. The zero-order chi connectivity index (χ0) is 16.4. The molecule has 1 aliphatic heterocycles. The van der Waals surface area contributed by atoms with Crippen LogP contribution in [-0.2, 0) is 16.0 Å². The van der Waals surface area contributed by atoms with E-state index >= 15 is 0 Å². The molecule has 6 nitrogen and oxygen atoms in total. The average molecular weight is 318 g/mol. The third-order valence-electron chi connectivity index (χ3n) is 3.86. The van der Waals surface area contributed by atoms with Crippen LogP contribution >= 0.6 is 0 Å². The molecule has 1 aromatic heterocycles. The van der Waals surface area contributed by atoms with Crippen LogP contribution in [0.5, 0.6) is 0 Å². The van der Waals surface area contributed by atoms with E-state index in [1.54, 1.807) is 19.1 Å². The average Bonchev–Trinajstić information content (AvgIpc) is 3.11. The Labute approximate surface area is 133 Å². The van der Waals surface area contributed by atoms with Gasteiger partial charge >= 0.3 is 0 Å². The van der Waals surface area contributed by atoms with E-state index in [9.17, 15) is 9.18 Å². The maximum absolute atomic E-state index is 13.8. The van der Waals surface area contributed by atoms with E-state index in [2.05, 4.69) is 20.5 Å². The number of carbonyl (C=O) groups is 1. The van der Waals surface area contributed by atoms with Crippen molar-refractivity contribution in [2.24, 2.45) is 0 Å². The van der Waals surface area contributed by atoms with E-state index in [0.717, 1.165) is 5.56 Å². The summed E-state index contributed by atoms with van der Waals surface area (Å²) in [5, 5.41) is 9.77. The Morgan fingerprint density at radius 2 is 2.30 bits per heavy atom. The Kier molecular flexibility index (Phi) is 4.38. The van der Waals surface area contributed by atoms with Gasteiger partial charge in [0.2, 0.25) is 5.91 Å². The van der Waals surface area contributed by atoms with Gasteiger partial charge in [0.15, 0.2) is 5.82 Å². The molecule has 1 fully saturated rings. The summed E-state index contributed by atoms with van der Waals surface area (Å²) in [4.78, 5) is 16.5. The van der Waals surface area contributed by atoms with Gasteiger partial charge < -0.3 is 10.1 Å². The van der Waals surface area contributed by atoms with Crippen LogP contribution in [0.2, 0.25) is 0 Å². The highest BCUT2D eigenvalue weighted by Crippen LogP contribution is 2.26. The molecule has 2 aromatic rings. The highest BCUT2D eigenvalue weighted by atomic mass is 19.1. The first-order valence-corrected chi connectivity index (χ1v) is 7.58. The van der Waals surface area contributed by atoms with Crippen molar-refractivity contribution in [1.29, 1.82) is 0 Å². The highest BCUT2D eigenvalue weighted by Gasteiger charge is 2.33. The fourth-order valence-corrected chi connectivity index (χ4v) is 2.75. The zero-order valence-corrected chi connectivity index (χ0v) is 13.1. The number of nitrogens with zero attached hydrogens (tertiary/aromatic N) is 2. The third-order valence-corrected chi connectivity index (χ3v) is 3.86. The number of amides is 1. The van der Waals surface area contributed by atoms with E-state index in [-0.39, 0.29) is 30.3 Å². The van der Waals surface area contributed by atoms with Crippen molar-refractivity contribution < 1.29 is 13.9 Å². The summed E-state index contributed by atoms with van der Waals surface area (Å²) in [7, 11) is 0. The van der Waals surface area contributed by atoms with Gasteiger partial charge in [-0.25, -0.2) is 9.37 Å². The second-order valence-corrected chi connectivity index (χ2v) is 5.80. The van der Waals surface area contributed by atoms with Crippen molar-refractivity contribution >= 4 is 5.91 Å². The third kappa shape index (κ3) is 3.56. The standard InChI is InChI=1S/C16H19FN4O2/c1-9-3-4-12(17)11(7-9)8-14(22)19-13-5-6-23-15(13)16-18-10(2)20-21-16/h3-4,7,13,15H,5-6,8H2,1-2H3,(H,19,22)(H,18,20,21)/t13-,15+/m0/s1. The largest absolute Gasteiger partial charge is 0.368 e. The molecule has 0 aliphatic carbocycles. The Morgan fingerprint density at radius 3 is 3.04 bits per heavy atom. The number of nitrogens with one attached hydrogen (secondary N) is 2. The van der Waals surface area contributed by atoms with Crippen LogP contribution in [0.3, 0.4) is 0 Å². The molecular weight excluding hydrogens is 299 g/mol. The minimum atomic E-state index is -0.369. The van der Waals surface area contributed by atoms with Gasteiger partial charge in [0.05, 0.1) is 12.5 Å². The van der Waals surface area contributed by atoms with Gasteiger partial charge in [0.1, 0.15) is 17.7 Å². The molecule has 23 heavy (non-hydrogen) atoms. The van der Waals surface area contributed by atoms with Crippen molar-refractivity contribution in [2.75, 3.05) is 6.61 Å². The van der Waals surface area contributed by atoms with Crippen LogP contribution < -0.4 is 5.32 Å². The summed E-state index contributed by atoms with van der Waals surface area (Å²) in [5.41, 5.74) is 1.32. The van der Waals surface area contributed by atoms with E-state index in [4.69, 9.17) is 4.74 Å². The first kappa shape index (κ1) is 15.6. The number of H-pyrrole nitrogens is 1. The number of aromatic nitrogens is 3. The minimum absolute atomic E-state index is 0.00373. The maximum Gasteiger partial charge on any atom is 0.224 e. The minimum Gasteiger partial charge on any atom is -0.368 e. The number of hydrogen-bond donors (Lipinski definition) is 2. The molecule has 2 atom stereocenters. The first-order chi connectivity index (χ1) is 11.0. The van der Waals surface area contributed by atoms with Gasteiger partial charge in [0, 0.05) is 6.61 Å². The lowest BCUT2D eigenvalue weighted by molar-refractivity contribution is -0.121. The summed E-state index contributed by atoms with van der Waals surface area (Å²) in [6.07, 6.45) is 0.315. The molecular formula is C16H19FN4O2. The van der Waals surface area contributed by atoms with Crippen LogP contribution in [0.1, 0.15) is 35.3 Å². The molecule has 2 heterocycles. The first-order valence-electron chi connectivity index (χ1n) is 7.58. The Balaban J connectivity index is 1.66. The summed E-state index contributed by atoms with van der Waals surface area (Å²) in [6, 6.07) is 4.56. The molecule has 1 aliphatic rings. The second kappa shape index (κ2) is 6.45. The molecule has 0 saturated carbocycles. The number of halogens is 1. The van der Waals surface area contributed by atoms with Crippen LogP contribution in [-0.4, -0.2) is 33.7 Å². The van der Waals surface area contributed by atoms with Crippen molar-refractivity contribution in [3.05, 3.63) is 46.8 Å². The number of aryl methyl sites for hydroxylation is 2. The van der Waals surface area contributed by atoms with E-state index in [1.807, 2.05) is 6.92 Å². The molecule has 1 amide bonds. The molecule has 2 N–H and O–H groups in total. The zero-order valence-electron chi connectivity index (χ0n) is 13.1. The number of rotatable bonds is 4. The van der Waals surface area contributed by atoms with Gasteiger partial charge in [-0.05, 0) is 31.9 Å². The molecule has 1 saturated heterocycles. The van der Waals surface area contributed by atoms with E-state index < -0.39 is 0 Å². The normalized spacial score (nSPS) is 20.7. The van der Waals surface area contributed by atoms with Crippen molar-refractivity contribution in [3.8, 4) is 0 Å². The predicted octanol–water partition coefficient (Wildman–Crippen LogP) is 1.75. The number of hydrogen-bond acceptors (Lipinski definition) is 4. The Hall–Kier alpha value is -2.28. The van der Waals surface area contributed by atoms with Gasteiger partial charge in [-0.1, -0.05) is 17.7 Å². The highest BCUT2D eigenvalue weighted by molar-refractivity contribution is 5.79. The molecule has 3 rings (SSSR count). The van der Waals surface area contributed by atoms with Gasteiger partial charge in [0.25, 0.3) is 0 Å². The van der Waals surface area contributed by atoms with E-state index in [1.165, 1.54) is 6.07 Å². The molecule has 0 radical (unpaired) electrons. The lowest BCUT2D eigenvalue weighted by atomic mass is 10.1. The van der Waals surface area contributed by atoms with Crippen LogP contribution in [0.15, 0.2) is 18.2 Å². The van der Waals surface area contributed by atoms with Crippen molar-refractivity contribution in [3.63, 3.8) is 0 Å². The van der Waals surface area contributed by atoms with Crippen molar-refractivity contribution in [1.82, 2.24) is 20.5 Å². The fourth-order valence-electron chi connectivity index (χ4n) is 2.75. The molecule has 122 valence electrons. The maximum atomic E-state index is 13.8. The molecule has 0 unspecified atom stereocenters. The lowest BCUT2D eigenvalue weighted by Gasteiger charge is -2.17. The van der Waals surface area contributed by atoms with Crippen molar-refractivity contribution in [2.45, 2.75) is 38.8 Å². The number of carbonyl (C=O) groups excluding carboxylic acids is 1. The molecule has 0 bridgehead atoms. The monoisotopic (exact) mass is 318 g/mol. The SMILES string of the molecule is Cc1ccc(F)c(CC(=O)N[C@H]2CCO[C@H]2c2n[nH]c(C)n2)c1. The summed E-state index contributed by atoms with van der Waals surface area (Å²) < 4.78 is 19.4.